The van der Waals surface area contributed by atoms with Gasteiger partial charge in [-0.1, -0.05) is 6.07 Å². The lowest BCUT2D eigenvalue weighted by atomic mass is 10.1. The highest BCUT2D eigenvalue weighted by Gasteiger charge is 2.26. The van der Waals surface area contributed by atoms with Crippen LogP contribution < -0.4 is 9.47 Å². The molecule has 0 unspecified atom stereocenters. The van der Waals surface area contributed by atoms with E-state index >= 15 is 0 Å². The SMILES string of the molecule is COC(=O)c1sc(C(=O)OC(C)(C)C)cc1-c1ccc2c(c1)OCO2. The van der Waals surface area contributed by atoms with Gasteiger partial charge >= 0.3 is 11.9 Å². The molecule has 0 aliphatic carbocycles. The molecule has 0 bridgehead atoms. The fourth-order valence-corrected chi connectivity index (χ4v) is 3.32. The largest absolute Gasteiger partial charge is 0.465 e. The normalized spacial score (nSPS) is 12.8. The summed E-state index contributed by atoms with van der Waals surface area (Å²) in [4.78, 5) is 25.2. The maximum atomic E-state index is 12.3. The molecule has 0 N–H and O–H groups in total. The van der Waals surface area contributed by atoms with Gasteiger partial charge in [-0.05, 0) is 44.5 Å². The summed E-state index contributed by atoms with van der Waals surface area (Å²) in [5.41, 5.74) is 0.706. The van der Waals surface area contributed by atoms with E-state index < -0.39 is 17.5 Å². The number of fused-ring (bicyclic) bond motifs is 1. The maximum absolute atomic E-state index is 12.3. The van der Waals surface area contributed by atoms with Crippen molar-refractivity contribution in [1.82, 2.24) is 0 Å². The van der Waals surface area contributed by atoms with Gasteiger partial charge in [0.2, 0.25) is 6.79 Å². The van der Waals surface area contributed by atoms with Crippen LogP contribution in [0.4, 0.5) is 0 Å². The molecule has 2 heterocycles. The average molecular weight is 362 g/mol. The lowest BCUT2D eigenvalue weighted by molar-refractivity contribution is 0.00751. The molecule has 2 aromatic rings. The van der Waals surface area contributed by atoms with Crippen molar-refractivity contribution < 1.29 is 28.5 Å². The summed E-state index contributed by atoms with van der Waals surface area (Å²) in [6, 6.07) is 6.99. The molecule has 0 fully saturated rings. The lowest BCUT2D eigenvalue weighted by Crippen LogP contribution is -2.23. The van der Waals surface area contributed by atoms with Crippen LogP contribution in [0.15, 0.2) is 24.3 Å². The Morgan fingerprint density at radius 2 is 1.80 bits per heavy atom. The van der Waals surface area contributed by atoms with Crippen LogP contribution in [0.25, 0.3) is 11.1 Å². The van der Waals surface area contributed by atoms with Crippen LogP contribution in [0, 0.1) is 0 Å². The first-order valence-electron chi connectivity index (χ1n) is 7.64. The van der Waals surface area contributed by atoms with E-state index in [0.29, 0.717) is 26.8 Å². The Morgan fingerprint density at radius 3 is 2.48 bits per heavy atom. The van der Waals surface area contributed by atoms with E-state index in [1.807, 2.05) is 0 Å². The second-order valence-corrected chi connectivity index (χ2v) is 7.47. The zero-order valence-corrected chi connectivity index (χ0v) is 15.2. The van der Waals surface area contributed by atoms with Crippen LogP contribution in [0.1, 0.15) is 40.1 Å². The molecule has 132 valence electrons. The smallest absolute Gasteiger partial charge is 0.348 e. The third kappa shape index (κ3) is 3.61. The third-order valence-corrected chi connectivity index (χ3v) is 4.48. The third-order valence-electron chi connectivity index (χ3n) is 3.39. The van der Waals surface area contributed by atoms with Gasteiger partial charge in [-0.2, -0.15) is 0 Å². The van der Waals surface area contributed by atoms with Gasteiger partial charge in [0.15, 0.2) is 11.5 Å². The summed E-state index contributed by atoms with van der Waals surface area (Å²) in [5.74, 6) is 0.256. The van der Waals surface area contributed by atoms with Crippen LogP contribution in [0.3, 0.4) is 0 Å². The van der Waals surface area contributed by atoms with Crippen molar-refractivity contribution in [2.24, 2.45) is 0 Å². The predicted octanol–water partition coefficient (Wildman–Crippen LogP) is 3.89. The molecule has 1 aliphatic rings. The summed E-state index contributed by atoms with van der Waals surface area (Å²) < 4.78 is 20.9. The zero-order chi connectivity index (χ0) is 18.2. The Hall–Kier alpha value is -2.54. The van der Waals surface area contributed by atoms with E-state index in [9.17, 15) is 9.59 Å². The monoisotopic (exact) mass is 362 g/mol. The van der Waals surface area contributed by atoms with E-state index in [1.54, 1.807) is 45.0 Å². The first-order chi connectivity index (χ1) is 11.8. The summed E-state index contributed by atoms with van der Waals surface area (Å²) in [6.07, 6.45) is 0. The molecule has 0 spiro atoms. The maximum Gasteiger partial charge on any atom is 0.348 e. The molecule has 7 heteroatoms. The topological polar surface area (TPSA) is 71.1 Å². The lowest BCUT2D eigenvalue weighted by Gasteiger charge is -2.18. The van der Waals surface area contributed by atoms with Gasteiger partial charge in [-0.3, -0.25) is 0 Å². The Morgan fingerprint density at radius 1 is 1.08 bits per heavy atom. The fourth-order valence-electron chi connectivity index (χ4n) is 2.34. The number of ether oxygens (including phenoxy) is 4. The summed E-state index contributed by atoms with van der Waals surface area (Å²) >= 11 is 1.05. The van der Waals surface area contributed by atoms with Gasteiger partial charge in [-0.25, -0.2) is 9.59 Å². The molecule has 0 atom stereocenters. The van der Waals surface area contributed by atoms with Gasteiger partial charge in [0.1, 0.15) is 15.4 Å². The van der Waals surface area contributed by atoms with E-state index in [1.165, 1.54) is 7.11 Å². The van der Waals surface area contributed by atoms with Crippen molar-refractivity contribution in [1.29, 1.82) is 0 Å². The van der Waals surface area contributed by atoms with Crippen molar-refractivity contribution in [3.05, 3.63) is 34.0 Å². The molecule has 3 rings (SSSR count). The van der Waals surface area contributed by atoms with E-state index in [-0.39, 0.29) is 6.79 Å². The number of esters is 2. The van der Waals surface area contributed by atoms with Gasteiger partial charge < -0.3 is 18.9 Å². The molecule has 0 saturated heterocycles. The highest BCUT2D eigenvalue weighted by molar-refractivity contribution is 7.16. The van der Waals surface area contributed by atoms with Gasteiger partial charge in [0, 0.05) is 5.56 Å². The van der Waals surface area contributed by atoms with Crippen molar-refractivity contribution in [2.45, 2.75) is 26.4 Å². The molecule has 1 aromatic carbocycles. The number of benzene rings is 1. The van der Waals surface area contributed by atoms with Crippen LogP contribution in [0.5, 0.6) is 11.5 Å². The summed E-state index contributed by atoms with van der Waals surface area (Å²) in [7, 11) is 1.30. The Balaban J connectivity index is 2.03. The number of hydrogen-bond donors (Lipinski definition) is 0. The van der Waals surface area contributed by atoms with E-state index in [0.717, 1.165) is 16.9 Å². The quantitative estimate of drug-likeness (QED) is 0.772. The molecule has 6 nitrogen and oxygen atoms in total. The van der Waals surface area contributed by atoms with Crippen LogP contribution in [0.2, 0.25) is 0 Å². The molecule has 0 amide bonds. The van der Waals surface area contributed by atoms with Crippen LogP contribution in [-0.2, 0) is 9.47 Å². The minimum atomic E-state index is -0.620. The number of carbonyl (C=O) groups is 2. The van der Waals surface area contributed by atoms with Gasteiger partial charge in [-0.15, -0.1) is 11.3 Å². The van der Waals surface area contributed by atoms with E-state index in [4.69, 9.17) is 18.9 Å². The summed E-state index contributed by atoms with van der Waals surface area (Å²) in [6.45, 7) is 5.53. The highest BCUT2D eigenvalue weighted by atomic mass is 32.1. The molecule has 0 radical (unpaired) electrons. The first-order valence-corrected chi connectivity index (χ1v) is 8.45. The molecule has 0 saturated carbocycles. The Bertz CT molecular complexity index is 831. The molecular formula is C18H18O6S. The number of carbonyl (C=O) groups excluding carboxylic acids is 2. The second kappa shape index (κ2) is 6.40. The fraction of sp³-hybridized carbons (Fsp3) is 0.333. The molecule has 1 aliphatic heterocycles. The van der Waals surface area contributed by atoms with E-state index in [2.05, 4.69) is 0 Å². The van der Waals surface area contributed by atoms with Gasteiger partial charge in [0.25, 0.3) is 0 Å². The Labute approximate surface area is 149 Å². The van der Waals surface area contributed by atoms with Crippen molar-refractivity contribution >= 4 is 23.3 Å². The minimum Gasteiger partial charge on any atom is -0.465 e. The van der Waals surface area contributed by atoms with Crippen molar-refractivity contribution in [3.63, 3.8) is 0 Å². The summed E-state index contributed by atoms with van der Waals surface area (Å²) in [5, 5.41) is 0. The van der Waals surface area contributed by atoms with Crippen LogP contribution >= 0.6 is 11.3 Å². The second-order valence-electron chi connectivity index (χ2n) is 6.41. The zero-order valence-electron chi connectivity index (χ0n) is 14.4. The standard InChI is InChI=1S/C18H18O6S/c1-18(2,3)24-16(19)14-8-11(15(25-14)17(20)21-4)10-5-6-12-13(7-10)23-9-22-12/h5-8H,9H2,1-4H3. The highest BCUT2D eigenvalue weighted by Crippen LogP contribution is 2.39. The molecular weight excluding hydrogens is 344 g/mol. The predicted molar refractivity (Wildman–Crippen MR) is 92.4 cm³/mol. The first kappa shape index (κ1) is 17.3. The number of hydrogen-bond acceptors (Lipinski definition) is 7. The average Bonchev–Trinajstić information content (AvgIpc) is 3.18. The molecule has 1 aromatic heterocycles. The molecule has 25 heavy (non-hydrogen) atoms. The van der Waals surface area contributed by atoms with Crippen molar-refractivity contribution in [3.8, 4) is 22.6 Å². The number of thiophene rings is 1. The van der Waals surface area contributed by atoms with Crippen molar-refractivity contribution in [2.75, 3.05) is 13.9 Å². The van der Waals surface area contributed by atoms with Gasteiger partial charge in [0.05, 0.1) is 7.11 Å². The minimum absolute atomic E-state index is 0.162. The number of rotatable bonds is 3. The Kier molecular flexibility index (Phi) is 4.43. The number of methoxy groups -OCH3 is 1. The van der Waals surface area contributed by atoms with Crippen LogP contribution in [-0.4, -0.2) is 31.4 Å².